The molecule has 0 amide bonds. The van der Waals surface area contributed by atoms with Crippen LogP contribution in [0.3, 0.4) is 0 Å². The summed E-state index contributed by atoms with van der Waals surface area (Å²) in [4.78, 5) is 0. The molecule has 0 unspecified atom stereocenters. The van der Waals surface area contributed by atoms with E-state index in [1.165, 1.54) is 104 Å². The fourth-order valence-electron chi connectivity index (χ4n) is 4.46. The van der Waals surface area contributed by atoms with Crippen LogP contribution < -0.4 is 0 Å². The van der Waals surface area contributed by atoms with Gasteiger partial charge in [0.1, 0.15) is 11.2 Å². The van der Waals surface area contributed by atoms with Gasteiger partial charge in [0.25, 0.3) is 0 Å². The van der Waals surface area contributed by atoms with Gasteiger partial charge in [0.2, 0.25) is 0 Å². The number of aryl methyl sites for hydroxylation is 4. The summed E-state index contributed by atoms with van der Waals surface area (Å²) in [6, 6.07) is 9.24. The average Bonchev–Trinajstić information content (AvgIpc) is 3.08. The summed E-state index contributed by atoms with van der Waals surface area (Å²) in [5, 5.41) is 2.56. The van der Waals surface area contributed by atoms with Crippen molar-refractivity contribution in [1.29, 1.82) is 0 Å². The lowest BCUT2D eigenvalue weighted by Gasteiger charge is -2.06. The minimum absolute atomic E-state index is 1.10. The molecule has 1 heteroatoms. The summed E-state index contributed by atoms with van der Waals surface area (Å²) in [5.74, 6) is 0. The van der Waals surface area contributed by atoms with Crippen molar-refractivity contribution < 1.29 is 4.42 Å². The first kappa shape index (κ1) is 21.0. The van der Waals surface area contributed by atoms with Crippen molar-refractivity contribution >= 4 is 21.9 Å². The van der Waals surface area contributed by atoms with E-state index in [9.17, 15) is 0 Å². The zero-order valence-electron chi connectivity index (χ0n) is 18.5. The fourth-order valence-corrected chi connectivity index (χ4v) is 4.46. The maximum atomic E-state index is 6.47. The molecule has 2 aromatic carbocycles. The minimum Gasteiger partial charge on any atom is -0.455 e. The van der Waals surface area contributed by atoms with E-state index < -0.39 is 0 Å². The molecule has 28 heavy (non-hydrogen) atoms. The Morgan fingerprint density at radius 2 is 1.00 bits per heavy atom. The summed E-state index contributed by atoms with van der Waals surface area (Å²) in [7, 11) is 0. The zero-order valence-corrected chi connectivity index (χ0v) is 18.5. The monoisotopic (exact) mass is 378 g/mol. The molecule has 0 spiro atoms. The molecule has 0 saturated carbocycles. The van der Waals surface area contributed by atoms with Crippen LogP contribution in [-0.2, 0) is 12.8 Å². The molecule has 1 heterocycles. The standard InChI is InChI=1S/C27H38O/c1-5-7-9-11-13-15-23-17-19-25-24-18-16-22(14-12-10-8-6-2)20(3)26(24)28-27(25)21(23)4/h16-19H,5-15H2,1-4H3. The summed E-state index contributed by atoms with van der Waals surface area (Å²) in [5.41, 5.74) is 7.80. The molecule has 0 saturated heterocycles. The molecule has 3 aromatic rings. The van der Waals surface area contributed by atoms with E-state index in [-0.39, 0.29) is 0 Å². The Morgan fingerprint density at radius 1 is 0.571 bits per heavy atom. The van der Waals surface area contributed by atoms with Crippen molar-refractivity contribution in [3.05, 3.63) is 46.5 Å². The number of unbranched alkanes of at least 4 members (excludes halogenated alkanes) is 7. The van der Waals surface area contributed by atoms with E-state index in [0.717, 1.165) is 11.2 Å². The van der Waals surface area contributed by atoms with Crippen LogP contribution in [0.1, 0.15) is 93.9 Å². The van der Waals surface area contributed by atoms with E-state index >= 15 is 0 Å². The second kappa shape index (κ2) is 10.1. The molecule has 0 bridgehead atoms. The molecule has 0 radical (unpaired) electrons. The van der Waals surface area contributed by atoms with Crippen LogP contribution in [0.4, 0.5) is 0 Å². The first-order chi connectivity index (χ1) is 13.7. The van der Waals surface area contributed by atoms with Gasteiger partial charge < -0.3 is 4.42 Å². The Bertz CT molecular complexity index is 900. The van der Waals surface area contributed by atoms with Gasteiger partial charge in [-0.3, -0.25) is 0 Å². The highest BCUT2D eigenvalue weighted by molar-refractivity contribution is 6.07. The topological polar surface area (TPSA) is 13.1 Å². The normalized spacial score (nSPS) is 11.7. The van der Waals surface area contributed by atoms with Crippen LogP contribution in [0.5, 0.6) is 0 Å². The van der Waals surface area contributed by atoms with Crippen LogP contribution in [0.15, 0.2) is 28.7 Å². The van der Waals surface area contributed by atoms with E-state index in [1.807, 2.05) is 0 Å². The molecule has 0 aliphatic carbocycles. The van der Waals surface area contributed by atoms with Crippen molar-refractivity contribution in [1.82, 2.24) is 0 Å². The van der Waals surface area contributed by atoms with E-state index in [4.69, 9.17) is 4.42 Å². The third kappa shape index (κ3) is 4.62. The van der Waals surface area contributed by atoms with Gasteiger partial charge in [0, 0.05) is 10.8 Å². The molecule has 0 aliphatic rings. The van der Waals surface area contributed by atoms with Crippen LogP contribution in [0.2, 0.25) is 0 Å². The lowest BCUT2D eigenvalue weighted by Crippen LogP contribution is -1.91. The molecule has 0 N–H and O–H groups in total. The van der Waals surface area contributed by atoms with Crippen LogP contribution >= 0.6 is 0 Å². The highest BCUT2D eigenvalue weighted by Crippen LogP contribution is 2.35. The number of benzene rings is 2. The number of hydrogen-bond acceptors (Lipinski definition) is 1. The first-order valence-electron chi connectivity index (χ1n) is 11.6. The summed E-state index contributed by atoms with van der Waals surface area (Å²) >= 11 is 0. The molecule has 0 fully saturated rings. The Kier molecular flexibility index (Phi) is 7.59. The van der Waals surface area contributed by atoms with Gasteiger partial charge in [0.05, 0.1) is 0 Å². The molecule has 1 aromatic heterocycles. The zero-order chi connectivity index (χ0) is 19.9. The van der Waals surface area contributed by atoms with Gasteiger partial charge in [0.15, 0.2) is 0 Å². The highest BCUT2D eigenvalue weighted by atomic mass is 16.3. The highest BCUT2D eigenvalue weighted by Gasteiger charge is 2.15. The number of rotatable bonds is 11. The first-order valence-corrected chi connectivity index (χ1v) is 11.6. The predicted molar refractivity (Wildman–Crippen MR) is 124 cm³/mol. The second-order valence-electron chi connectivity index (χ2n) is 8.53. The van der Waals surface area contributed by atoms with Gasteiger partial charge in [-0.15, -0.1) is 0 Å². The van der Waals surface area contributed by atoms with Gasteiger partial charge >= 0.3 is 0 Å². The van der Waals surface area contributed by atoms with Gasteiger partial charge in [-0.25, -0.2) is 0 Å². The third-order valence-corrected chi connectivity index (χ3v) is 6.38. The molecule has 152 valence electrons. The van der Waals surface area contributed by atoms with Crippen molar-refractivity contribution in [2.45, 2.75) is 98.3 Å². The van der Waals surface area contributed by atoms with Crippen molar-refractivity contribution in [2.75, 3.05) is 0 Å². The molecule has 3 rings (SSSR count). The van der Waals surface area contributed by atoms with Crippen LogP contribution in [0, 0.1) is 13.8 Å². The van der Waals surface area contributed by atoms with Crippen molar-refractivity contribution in [2.24, 2.45) is 0 Å². The van der Waals surface area contributed by atoms with Crippen molar-refractivity contribution in [3.8, 4) is 0 Å². The van der Waals surface area contributed by atoms with Crippen LogP contribution in [-0.4, -0.2) is 0 Å². The quantitative estimate of drug-likeness (QED) is 0.304. The Balaban J connectivity index is 1.82. The summed E-state index contributed by atoms with van der Waals surface area (Å²) in [6.07, 6.45) is 14.2. The van der Waals surface area contributed by atoms with Crippen molar-refractivity contribution in [3.63, 3.8) is 0 Å². The molecule has 0 atom stereocenters. The molecule has 0 aliphatic heterocycles. The Hall–Kier alpha value is -1.76. The van der Waals surface area contributed by atoms with Gasteiger partial charge in [-0.05, 0) is 61.8 Å². The Morgan fingerprint density at radius 3 is 1.46 bits per heavy atom. The second-order valence-corrected chi connectivity index (χ2v) is 8.53. The smallest absolute Gasteiger partial charge is 0.138 e. The summed E-state index contributed by atoms with van der Waals surface area (Å²) in [6.45, 7) is 9.03. The number of hydrogen-bond donors (Lipinski definition) is 0. The van der Waals surface area contributed by atoms with E-state index in [1.54, 1.807) is 0 Å². The Labute approximate surface area is 171 Å². The van der Waals surface area contributed by atoms with E-state index in [0.29, 0.717) is 0 Å². The largest absolute Gasteiger partial charge is 0.455 e. The fraction of sp³-hybridized carbons (Fsp3) is 0.556. The van der Waals surface area contributed by atoms with Gasteiger partial charge in [-0.1, -0.05) is 83.1 Å². The summed E-state index contributed by atoms with van der Waals surface area (Å²) < 4.78 is 6.47. The van der Waals surface area contributed by atoms with E-state index in [2.05, 4.69) is 52.0 Å². The third-order valence-electron chi connectivity index (χ3n) is 6.38. The van der Waals surface area contributed by atoms with Crippen LogP contribution in [0.25, 0.3) is 21.9 Å². The number of fused-ring (bicyclic) bond motifs is 3. The lowest BCUT2D eigenvalue weighted by atomic mass is 9.97. The molecular weight excluding hydrogens is 340 g/mol. The molecular formula is C27H38O. The minimum atomic E-state index is 1.10. The lowest BCUT2D eigenvalue weighted by molar-refractivity contribution is 0.629. The maximum absolute atomic E-state index is 6.47. The maximum Gasteiger partial charge on any atom is 0.138 e. The van der Waals surface area contributed by atoms with Gasteiger partial charge in [-0.2, -0.15) is 0 Å². The number of furan rings is 1. The predicted octanol–water partition coefficient (Wildman–Crippen LogP) is 8.84. The SMILES string of the molecule is CCCCCCCc1ccc2c(oc3c(C)c(CCCCCC)ccc32)c1C. The molecule has 1 nitrogen and oxygen atoms in total. The average molecular weight is 379 g/mol.